The highest BCUT2D eigenvalue weighted by atomic mass is 19.1. The van der Waals surface area contributed by atoms with Crippen LogP contribution in [0, 0.1) is 5.82 Å². The molecule has 1 aromatic carbocycles. The summed E-state index contributed by atoms with van der Waals surface area (Å²) >= 11 is 0. The van der Waals surface area contributed by atoms with Crippen LogP contribution >= 0.6 is 0 Å². The largest absolute Gasteiger partial charge is 0.463 e. The number of hydrogen-bond donors (Lipinski definition) is 1. The number of amides is 1. The first-order valence-electron chi connectivity index (χ1n) is 8.39. The van der Waals surface area contributed by atoms with Crippen molar-refractivity contribution in [3.8, 4) is 11.5 Å². The standard InChI is InChI=1S/C19H18FN3O3/c1-25-10-5-9-23-18(12-6-2-3-7-13(12)20)15-16(14-8-4-11-26-14)21-22-17(15)19(23)24/h2-4,6-8,11,18H,5,9-10H2,1H3,(H,21,22). The molecule has 0 spiro atoms. The van der Waals surface area contributed by atoms with E-state index >= 15 is 0 Å². The van der Waals surface area contributed by atoms with Crippen molar-refractivity contribution in [2.75, 3.05) is 20.3 Å². The minimum absolute atomic E-state index is 0.224. The van der Waals surface area contributed by atoms with E-state index in [1.165, 1.54) is 6.07 Å². The number of aromatic amines is 1. The lowest BCUT2D eigenvalue weighted by Gasteiger charge is -2.26. The van der Waals surface area contributed by atoms with Crippen LogP contribution in [0.4, 0.5) is 4.39 Å². The summed E-state index contributed by atoms with van der Waals surface area (Å²) in [5.41, 5.74) is 1.99. The van der Waals surface area contributed by atoms with E-state index in [2.05, 4.69) is 10.2 Å². The zero-order chi connectivity index (χ0) is 18.1. The van der Waals surface area contributed by atoms with Crippen LogP contribution in [0.25, 0.3) is 11.5 Å². The molecule has 2 aromatic heterocycles. The van der Waals surface area contributed by atoms with Crippen LogP contribution in [-0.2, 0) is 4.74 Å². The zero-order valence-corrected chi connectivity index (χ0v) is 14.2. The molecule has 0 fully saturated rings. The van der Waals surface area contributed by atoms with E-state index in [0.29, 0.717) is 47.8 Å². The van der Waals surface area contributed by atoms with Gasteiger partial charge < -0.3 is 14.1 Å². The summed E-state index contributed by atoms with van der Waals surface area (Å²) in [6, 6.07) is 9.48. The molecule has 1 atom stereocenters. The summed E-state index contributed by atoms with van der Waals surface area (Å²) in [6.45, 7) is 0.961. The van der Waals surface area contributed by atoms with Gasteiger partial charge in [0, 0.05) is 31.4 Å². The predicted octanol–water partition coefficient (Wildman–Crippen LogP) is 3.39. The molecule has 1 aliphatic rings. The molecule has 7 heteroatoms. The second kappa shape index (κ2) is 6.76. The van der Waals surface area contributed by atoms with Crippen molar-refractivity contribution in [1.29, 1.82) is 0 Å². The van der Waals surface area contributed by atoms with Gasteiger partial charge in [0.05, 0.1) is 12.3 Å². The first kappa shape index (κ1) is 16.5. The third kappa shape index (κ3) is 2.61. The lowest BCUT2D eigenvalue weighted by Crippen LogP contribution is -2.31. The fourth-order valence-corrected chi connectivity index (χ4v) is 3.43. The van der Waals surface area contributed by atoms with Gasteiger partial charge in [0.1, 0.15) is 11.5 Å². The summed E-state index contributed by atoms with van der Waals surface area (Å²) in [6.07, 6.45) is 2.20. The number of nitrogens with zero attached hydrogens (tertiary/aromatic N) is 2. The van der Waals surface area contributed by atoms with Gasteiger partial charge in [0.25, 0.3) is 5.91 Å². The van der Waals surface area contributed by atoms with E-state index in [0.717, 1.165) is 0 Å². The van der Waals surface area contributed by atoms with Gasteiger partial charge in [-0.3, -0.25) is 9.89 Å². The third-order valence-corrected chi connectivity index (χ3v) is 4.57. The Morgan fingerprint density at radius 1 is 1.31 bits per heavy atom. The molecule has 1 aliphatic heterocycles. The maximum atomic E-state index is 14.6. The predicted molar refractivity (Wildman–Crippen MR) is 92.1 cm³/mol. The number of carbonyl (C=O) groups excluding carboxylic acids is 1. The fourth-order valence-electron chi connectivity index (χ4n) is 3.43. The van der Waals surface area contributed by atoms with Crippen LogP contribution in [-0.4, -0.2) is 41.3 Å². The van der Waals surface area contributed by atoms with Crippen molar-refractivity contribution in [3.05, 3.63) is 65.3 Å². The summed E-state index contributed by atoms with van der Waals surface area (Å²) < 4.78 is 25.2. The number of fused-ring (bicyclic) bond motifs is 1. The Bertz CT molecular complexity index is 920. The van der Waals surface area contributed by atoms with Gasteiger partial charge >= 0.3 is 0 Å². The molecular formula is C19H18FN3O3. The summed E-state index contributed by atoms with van der Waals surface area (Å²) in [5, 5.41) is 7.07. The van der Waals surface area contributed by atoms with Gasteiger partial charge in [-0.05, 0) is 24.6 Å². The first-order chi connectivity index (χ1) is 12.7. The Balaban J connectivity index is 1.83. The van der Waals surface area contributed by atoms with Crippen molar-refractivity contribution in [1.82, 2.24) is 15.1 Å². The monoisotopic (exact) mass is 355 g/mol. The van der Waals surface area contributed by atoms with Crippen LogP contribution < -0.4 is 0 Å². The van der Waals surface area contributed by atoms with Gasteiger partial charge in [0.2, 0.25) is 0 Å². The molecule has 26 heavy (non-hydrogen) atoms. The number of rotatable bonds is 6. The third-order valence-electron chi connectivity index (χ3n) is 4.57. The Labute approximate surface area is 149 Å². The van der Waals surface area contributed by atoms with Crippen molar-refractivity contribution < 1.29 is 18.3 Å². The molecule has 3 aromatic rings. The van der Waals surface area contributed by atoms with Crippen LogP contribution in [0.1, 0.15) is 34.1 Å². The Morgan fingerprint density at radius 2 is 2.15 bits per heavy atom. The first-order valence-corrected chi connectivity index (χ1v) is 8.39. The maximum absolute atomic E-state index is 14.6. The number of H-pyrrole nitrogens is 1. The minimum atomic E-state index is -0.561. The number of hydrogen-bond acceptors (Lipinski definition) is 4. The highest BCUT2D eigenvalue weighted by molar-refractivity contribution is 5.99. The molecule has 0 saturated carbocycles. The molecular weight excluding hydrogens is 337 g/mol. The molecule has 0 saturated heterocycles. The molecule has 134 valence electrons. The smallest absolute Gasteiger partial charge is 0.275 e. The number of nitrogens with one attached hydrogen (secondary N) is 1. The van der Waals surface area contributed by atoms with E-state index in [1.54, 1.807) is 48.6 Å². The fraction of sp³-hybridized carbons (Fsp3) is 0.263. The lowest BCUT2D eigenvalue weighted by atomic mass is 9.97. The molecule has 1 N–H and O–H groups in total. The highest BCUT2D eigenvalue weighted by Gasteiger charge is 2.43. The number of aromatic nitrogens is 2. The molecule has 4 rings (SSSR count). The minimum Gasteiger partial charge on any atom is -0.463 e. The molecule has 3 heterocycles. The van der Waals surface area contributed by atoms with Crippen LogP contribution in [0.5, 0.6) is 0 Å². The van der Waals surface area contributed by atoms with E-state index in [1.807, 2.05) is 0 Å². The Kier molecular flexibility index (Phi) is 4.30. The van der Waals surface area contributed by atoms with Crippen molar-refractivity contribution >= 4 is 5.91 Å². The Morgan fingerprint density at radius 3 is 2.88 bits per heavy atom. The number of benzene rings is 1. The van der Waals surface area contributed by atoms with E-state index < -0.39 is 6.04 Å². The van der Waals surface area contributed by atoms with Gasteiger partial charge in [-0.25, -0.2) is 4.39 Å². The second-order valence-corrected chi connectivity index (χ2v) is 6.11. The number of ether oxygens (including phenoxy) is 1. The molecule has 0 radical (unpaired) electrons. The highest BCUT2D eigenvalue weighted by Crippen LogP contribution is 2.43. The molecule has 0 aliphatic carbocycles. The van der Waals surface area contributed by atoms with Gasteiger partial charge in [-0.15, -0.1) is 0 Å². The van der Waals surface area contributed by atoms with Crippen LogP contribution in [0.15, 0.2) is 47.1 Å². The van der Waals surface area contributed by atoms with E-state index in [-0.39, 0.29) is 11.7 Å². The van der Waals surface area contributed by atoms with Gasteiger partial charge in [-0.1, -0.05) is 18.2 Å². The number of methoxy groups -OCH3 is 1. The van der Waals surface area contributed by atoms with Gasteiger partial charge in [0.15, 0.2) is 11.5 Å². The van der Waals surface area contributed by atoms with Crippen molar-refractivity contribution in [3.63, 3.8) is 0 Å². The quantitative estimate of drug-likeness (QED) is 0.688. The van der Waals surface area contributed by atoms with Crippen molar-refractivity contribution in [2.24, 2.45) is 0 Å². The average Bonchev–Trinajstić information content (AvgIpc) is 3.35. The molecule has 6 nitrogen and oxygen atoms in total. The van der Waals surface area contributed by atoms with Crippen LogP contribution in [0.3, 0.4) is 0 Å². The molecule has 1 unspecified atom stereocenters. The lowest BCUT2D eigenvalue weighted by molar-refractivity contribution is 0.0721. The number of furan rings is 1. The number of carbonyl (C=O) groups is 1. The van der Waals surface area contributed by atoms with Gasteiger partial charge in [-0.2, -0.15) is 5.10 Å². The summed E-state index contributed by atoms with van der Waals surface area (Å²) in [4.78, 5) is 14.6. The molecule has 1 amide bonds. The van der Waals surface area contributed by atoms with E-state index in [9.17, 15) is 9.18 Å². The maximum Gasteiger partial charge on any atom is 0.275 e. The summed E-state index contributed by atoms with van der Waals surface area (Å²) in [5.74, 6) is -0.0217. The SMILES string of the molecule is COCCCN1C(=O)c2n[nH]c(-c3ccco3)c2C1c1ccccc1F. The second-order valence-electron chi connectivity index (χ2n) is 6.11. The van der Waals surface area contributed by atoms with Crippen LogP contribution in [0.2, 0.25) is 0 Å². The average molecular weight is 355 g/mol. The summed E-state index contributed by atoms with van der Waals surface area (Å²) in [7, 11) is 1.61. The van der Waals surface area contributed by atoms with E-state index in [4.69, 9.17) is 9.15 Å². The zero-order valence-electron chi connectivity index (χ0n) is 14.2. The Hall–Kier alpha value is -2.93. The number of halogens is 1. The normalized spacial score (nSPS) is 16.3. The van der Waals surface area contributed by atoms with Crippen molar-refractivity contribution in [2.45, 2.75) is 12.5 Å². The topological polar surface area (TPSA) is 71.4 Å². The molecule has 0 bridgehead atoms.